The van der Waals surface area contributed by atoms with Crippen molar-refractivity contribution in [3.05, 3.63) is 47.5 Å². The van der Waals surface area contributed by atoms with Crippen LogP contribution in [0.3, 0.4) is 0 Å². The first kappa shape index (κ1) is 17.8. The summed E-state index contributed by atoms with van der Waals surface area (Å²) in [6.45, 7) is 5.50. The highest BCUT2D eigenvalue weighted by Crippen LogP contribution is 2.35. The molecule has 136 valence electrons. The SMILES string of the molecule is Cc1cccc(C)c1OCC(=O)Nc1ccc2c(c1)N(C)C(=O)C(C)O2. The first-order chi connectivity index (χ1) is 12.4. The molecule has 2 amide bonds. The molecule has 2 aromatic carbocycles. The maximum atomic E-state index is 12.2. The number of carbonyl (C=O) groups excluding carboxylic acids is 2. The highest BCUT2D eigenvalue weighted by atomic mass is 16.5. The molecule has 6 heteroatoms. The van der Waals surface area contributed by atoms with E-state index in [9.17, 15) is 9.59 Å². The Kier molecular flexibility index (Phi) is 4.84. The Bertz CT molecular complexity index is 843. The lowest BCUT2D eigenvalue weighted by Gasteiger charge is -2.30. The molecule has 0 bridgehead atoms. The maximum absolute atomic E-state index is 12.2. The zero-order valence-electron chi connectivity index (χ0n) is 15.3. The number of benzene rings is 2. The third-order valence-electron chi connectivity index (χ3n) is 4.34. The van der Waals surface area contributed by atoms with Crippen LogP contribution in [0, 0.1) is 13.8 Å². The van der Waals surface area contributed by atoms with Crippen LogP contribution in [-0.2, 0) is 9.59 Å². The quantitative estimate of drug-likeness (QED) is 0.916. The average molecular weight is 354 g/mol. The van der Waals surface area contributed by atoms with Crippen LogP contribution in [0.4, 0.5) is 11.4 Å². The molecule has 0 aliphatic carbocycles. The van der Waals surface area contributed by atoms with Gasteiger partial charge in [-0.1, -0.05) is 18.2 Å². The first-order valence-electron chi connectivity index (χ1n) is 8.44. The summed E-state index contributed by atoms with van der Waals surface area (Å²) in [5, 5.41) is 2.79. The molecule has 6 nitrogen and oxygen atoms in total. The van der Waals surface area contributed by atoms with Gasteiger partial charge in [-0.25, -0.2) is 0 Å². The van der Waals surface area contributed by atoms with Gasteiger partial charge in [0, 0.05) is 12.7 Å². The number of fused-ring (bicyclic) bond motifs is 1. The lowest BCUT2D eigenvalue weighted by molar-refractivity contribution is -0.125. The second-order valence-electron chi connectivity index (χ2n) is 6.40. The number of para-hydroxylation sites is 1. The zero-order valence-corrected chi connectivity index (χ0v) is 15.3. The van der Waals surface area contributed by atoms with Crippen LogP contribution in [0.2, 0.25) is 0 Å². The van der Waals surface area contributed by atoms with Crippen molar-refractivity contribution >= 4 is 23.2 Å². The maximum Gasteiger partial charge on any atom is 0.267 e. The molecule has 1 atom stereocenters. The van der Waals surface area contributed by atoms with E-state index in [4.69, 9.17) is 9.47 Å². The number of hydrogen-bond acceptors (Lipinski definition) is 4. The Labute approximate surface area is 152 Å². The van der Waals surface area contributed by atoms with Crippen molar-refractivity contribution in [1.82, 2.24) is 0 Å². The Hall–Kier alpha value is -3.02. The van der Waals surface area contributed by atoms with Crippen molar-refractivity contribution < 1.29 is 19.1 Å². The van der Waals surface area contributed by atoms with Gasteiger partial charge in [-0.05, 0) is 50.1 Å². The number of ether oxygens (including phenoxy) is 2. The number of rotatable bonds is 4. The van der Waals surface area contributed by atoms with Gasteiger partial charge in [0.2, 0.25) is 0 Å². The first-order valence-corrected chi connectivity index (χ1v) is 8.44. The highest BCUT2D eigenvalue weighted by molar-refractivity contribution is 6.00. The third kappa shape index (κ3) is 3.49. The van der Waals surface area contributed by atoms with Gasteiger partial charge in [-0.3, -0.25) is 9.59 Å². The topological polar surface area (TPSA) is 67.9 Å². The van der Waals surface area contributed by atoms with Gasteiger partial charge >= 0.3 is 0 Å². The smallest absolute Gasteiger partial charge is 0.267 e. The largest absolute Gasteiger partial charge is 0.483 e. The van der Waals surface area contributed by atoms with Crippen molar-refractivity contribution in [2.24, 2.45) is 0 Å². The summed E-state index contributed by atoms with van der Waals surface area (Å²) in [5.74, 6) is 0.941. The molecule has 0 spiro atoms. The minimum atomic E-state index is -0.515. The van der Waals surface area contributed by atoms with Crippen molar-refractivity contribution in [2.45, 2.75) is 26.9 Å². The zero-order chi connectivity index (χ0) is 18.8. The Morgan fingerprint density at radius 2 is 1.92 bits per heavy atom. The van der Waals surface area contributed by atoms with E-state index < -0.39 is 6.10 Å². The van der Waals surface area contributed by atoms with Gasteiger partial charge in [0.05, 0.1) is 5.69 Å². The van der Waals surface area contributed by atoms with Crippen LogP contribution in [0.25, 0.3) is 0 Å². The van der Waals surface area contributed by atoms with Crippen molar-refractivity contribution in [3.63, 3.8) is 0 Å². The minimum absolute atomic E-state index is 0.0922. The molecule has 3 rings (SSSR count). The summed E-state index contributed by atoms with van der Waals surface area (Å²) in [6, 6.07) is 11.0. The van der Waals surface area contributed by atoms with E-state index in [1.54, 1.807) is 32.2 Å². The Morgan fingerprint density at radius 1 is 1.23 bits per heavy atom. The van der Waals surface area contributed by atoms with Crippen molar-refractivity contribution in [2.75, 3.05) is 23.9 Å². The molecule has 1 aliphatic rings. The summed E-state index contributed by atoms with van der Waals surface area (Å²) in [7, 11) is 1.69. The van der Waals surface area contributed by atoms with Gasteiger partial charge in [0.25, 0.3) is 11.8 Å². The monoisotopic (exact) mass is 354 g/mol. The molecule has 0 fully saturated rings. The molecule has 0 aromatic heterocycles. The summed E-state index contributed by atoms with van der Waals surface area (Å²) < 4.78 is 11.2. The molecular formula is C20H22N2O4. The lowest BCUT2D eigenvalue weighted by atomic mass is 10.1. The second kappa shape index (κ2) is 7.07. The van der Waals surface area contributed by atoms with Crippen LogP contribution < -0.4 is 19.7 Å². The van der Waals surface area contributed by atoms with E-state index in [1.807, 2.05) is 32.0 Å². The predicted molar refractivity (Wildman–Crippen MR) is 100.0 cm³/mol. The fraction of sp³-hybridized carbons (Fsp3) is 0.300. The molecule has 0 saturated heterocycles. The minimum Gasteiger partial charge on any atom is -0.483 e. The lowest BCUT2D eigenvalue weighted by Crippen LogP contribution is -2.42. The molecule has 26 heavy (non-hydrogen) atoms. The van der Waals surface area contributed by atoms with Crippen molar-refractivity contribution in [1.29, 1.82) is 0 Å². The summed E-state index contributed by atoms with van der Waals surface area (Å²) in [4.78, 5) is 25.8. The second-order valence-corrected chi connectivity index (χ2v) is 6.40. The number of hydrogen-bond donors (Lipinski definition) is 1. The summed E-state index contributed by atoms with van der Waals surface area (Å²) >= 11 is 0. The molecule has 0 saturated carbocycles. The van der Waals surface area contributed by atoms with Gasteiger partial charge < -0.3 is 19.7 Å². The van der Waals surface area contributed by atoms with Gasteiger partial charge in [0.1, 0.15) is 11.5 Å². The van der Waals surface area contributed by atoms with Crippen LogP contribution in [0.5, 0.6) is 11.5 Å². The van der Waals surface area contributed by atoms with Crippen LogP contribution >= 0.6 is 0 Å². The van der Waals surface area contributed by atoms with Crippen molar-refractivity contribution in [3.8, 4) is 11.5 Å². The van der Waals surface area contributed by atoms with E-state index in [0.717, 1.165) is 16.9 Å². The number of amides is 2. The number of nitrogens with zero attached hydrogens (tertiary/aromatic N) is 1. The predicted octanol–water partition coefficient (Wildman–Crippen LogP) is 3.06. The average Bonchev–Trinajstić information content (AvgIpc) is 2.60. The number of aryl methyl sites for hydroxylation is 2. The van der Waals surface area contributed by atoms with E-state index in [2.05, 4.69) is 5.32 Å². The molecule has 2 aromatic rings. The summed E-state index contributed by atoms with van der Waals surface area (Å²) in [6.07, 6.45) is -0.515. The van der Waals surface area contributed by atoms with E-state index in [0.29, 0.717) is 17.1 Å². The molecule has 0 radical (unpaired) electrons. The Balaban J connectivity index is 1.68. The standard InChI is InChI=1S/C20H22N2O4/c1-12-6-5-7-13(2)19(12)25-11-18(23)21-15-8-9-17-16(10-15)22(4)20(24)14(3)26-17/h5-10,14H,11H2,1-4H3,(H,21,23). The van der Waals surface area contributed by atoms with Crippen LogP contribution in [-0.4, -0.2) is 31.6 Å². The Morgan fingerprint density at radius 3 is 2.62 bits per heavy atom. The molecule has 1 aliphatic heterocycles. The molecule has 1 heterocycles. The molecule has 1 N–H and O–H groups in total. The summed E-state index contributed by atoms with van der Waals surface area (Å²) in [5.41, 5.74) is 3.18. The number of nitrogens with one attached hydrogen (secondary N) is 1. The van der Waals surface area contributed by atoms with E-state index >= 15 is 0 Å². The van der Waals surface area contributed by atoms with Crippen LogP contribution in [0.15, 0.2) is 36.4 Å². The van der Waals surface area contributed by atoms with E-state index in [1.165, 1.54) is 4.90 Å². The van der Waals surface area contributed by atoms with E-state index in [-0.39, 0.29) is 18.4 Å². The number of likely N-dealkylation sites (N-methyl/N-ethyl adjacent to an activating group) is 1. The van der Waals surface area contributed by atoms with Gasteiger partial charge in [-0.2, -0.15) is 0 Å². The fourth-order valence-electron chi connectivity index (χ4n) is 2.95. The van der Waals surface area contributed by atoms with Gasteiger partial charge in [0.15, 0.2) is 12.7 Å². The number of carbonyl (C=O) groups is 2. The van der Waals surface area contributed by atoms with Gasteiger partial charge in [-0.15, -0.1) is 0 Å². The normalized spacial score (nSPS) is 15.9. The molecular weight excluding hydrogens is 332 g/mol. The molecule has 1 unspecified atom stereocenters. The third-order valence-corrected chi connectivity index (χ3v) is 4.34. The highest BCUT2D eigenvalue weighted by Gasteiger charge is 2.29. The number of anilines is 2. The van der Waals surface area contributed by atoms with Crippen LogP contribution in [0.1, 0.15) is 18.1 Å². The fourth-order valence-corrected chi connectivity index (χ4v) is 2.95.